The first kappa shape index (κ1) is 41.8. The van der Waals surface area contributed by atoms with Gasteiger partial charge in [0.1, 0.15) is 0 Å². The molecule has 0 bridgehead atoms. The number of carbonyl (C=O) groups excluding carboxylic acids is 3. The second-order valence-electron chi connectivity index (χ2n) is 12.0. The molecule has 1 aliphatic carbocycles. The van der Waals surface area contributed by atoms with Crippen molar-refractivity contribution in [1.29, 1.82) is 5.26 Å². The Morgan fingerprint density at radius 3 is 2.02 bits per heavy atom. The van der Waals surface area contributed by atoms with Gasteiger partial charge in [-0.15, -0.1) is 0 Å². The third-order valence-electron chi connectivity index (χ3n) is 8.51. The number of halogens is 2. The van der Waals surface area contributed by atoms with E-state index >= 15 is 0 Å². The number of urea groups is 2. The monoisotopic (exact) mass is 697 g/mol. The fourth-order valence-corrected chi connectivity index (χ4v) is 5.84. The largest absolute Gasteiger partial charge is 0.466 e. The summed E-state index contributed by atoms with van der Waals surface area (Å²) in [5, 5.41) is 14.8. The molecule has 10 nitrogen and oxygen atoms in total. The minimum Gasteiger partial charge on any atom is -0.466 e. The number of imide groups is 1. The molecule has 1 saturated heterocycles. The lowest BCUT2D eigenvalue weighted by molar-refractivity contribution is -0.136. The molecule has 2 N–H and O–H groups in total. The molecular formula is C38H53F2N5O5. The number of methoxy groups -OCH3 is 2. The Morgan fingerprint density at radius 2 is 1.50 bits per heavy atom. The summed E-state index contributed by atoms with van der Waals surface area (Å²) in [6.07, 6.45) is 11.0. The zero-order valence-corrected chi connectivity index (χ0v) is 30.1. The van der Waals surface area contributed by atoms with Crippen molar-refractivity contribution in [2.75, 3.05) is 40.5 Å². The molecule has 2 aliphatic heterocycles. The van der Waals surface area contributed by atoms with Gasteiger partial charge in [0.2, 0.25) is 0 Å². The highest BCUT2D eigenvalue weighted by atomic mass is 19.2. The molecule has 2 fully saturated rings. The Kier molecular flexibility index (Phi) is 19.4. The fourth-order valence-electron chi connectivity index (χ4n) is 5.84. The summed E-state index contributed by atoms with van der Waals surface area (Å²) in [5.41, 5.74) is 2.37. The van der Waals surface area contributed by atoms with Crippen molar-refractivity contribution in [3.8, 4) is 6.07 Å². The van der Waals surface area contributed by atoms with Crippen LogP contribution in [0.15, 0.2) is 59.8 Å². The van der Waals surface area contributed by atoms with Crippen molar-refractivity contribution < 1.29 is 32.6 Å². The number of benzene rings is 2. The Balaban J connectivity index is 0.000000369. The molecule has 5 rings (SSSR count). The maximum absolute atomic E-state index is 13.1. The van der Waals surface area contributed by atoms with Gasteiger partial charge in [0.25, 0.3) is 0 Å². The molecule has 12 heteroatoms. The number of rotatable bonds is 5. The molecule has 2 aromatic rings. The number of hydrogen-bond acceptors (Lipinski definition) is 7. The first-order chi connectivity index (χ1) is 24.2. The number of esters is 1. The van der Waals surface area contributed by atoms with Crippen LogP contribution in [-0.4, -0.2) is 80.4 Å². The number of nitriles is 1. The molecule has 0 spiro atoms. The first-order valence-corrected chi connectivity index (χ1v) is 17.5. The van der Waals surface area contributed by atoms with E-state index in [2.05, 4.69) is 16.7 Å². The van der Waals surface area contributed by atoms with E-state index in [9.17, 15) is 23.2 Å². The van der Waals surface area contributed by atoms with Gasteiger partial charge in [-0.25, -0.2) is 28.1 Å². The number of amides is 4. The lowest BCUT2D eigenvalue weighted by Gasteiger charge is -2.32. The molecular weight excluding hydrogens is 644 g/mol. The predicted molar refractivity (Wildman–Crippen MR) is 189 cm³/mol. The smallest absolute Gasteiger partial charge is 0.337 e. The summed E-state index contributed by atoms with van der Waals surface area (Å²) < 4.78 is 33.8. The second-order valence-corrected chi connectivity index (χ2v) is 12.0. The molecule has 50 heavy (non-hydrogen) atoms. The van der Waals surface area contributed by atoms with Crippen LogP contribution >= 0.6 is 0 Å². The summed E-state index contributed by atoms with van der Waals surface area (Å²) in [7, 11) is 2.75. The van der Waals surface area contributed by atoms with Crippen LogP contribution in [0.4, 0.5) is 18.4 Å². The SMILES string of the molecule is CC.COCC1=C(C(=O)OC)CN(C(=O)N2CCC(NC3CCCCCCCC3)C2)C(=O)N1.Cc1ccccc1C#N.Fc1ccccc1F. The molecule has 4 amide bonds. The van der Waals surface area contributed by atoms with E-state index < -0.39 is 23.6 Å². The maximum atomic E-state index is 13.1. The van der Waals surface area contributed by atoms with Crippen molar-refractivity contribution in [2.24, 2.45) is 0 Å². The minimum atomic E-state index is -0.799. The highest BCUT2D eigenvalue weighted by Gasteiger charge is 2.37. The van der Waals surface area contributed by atoms with Gasteiger partial charge >= 0.3 is 18.0 Å². The van der Waals surface area contributed by atoms with Crippen molar-refractivity contribution in [2.45, 2.75) is 90.6 Å². The van der Waals surface area contributed by atoms with E-state index in [4.69, 9.17) is 14.7 Å². The lowest BCUT2D eigenvalue weighted by atomic mass is 10.0. The van der Waals surface area contributed by atoms with E-state index in [-0.39, 0.29) is 30.8 Å². The quantitative estimate of drug-likeness (QED) is 0.316. The number of carbonyl (C=O) groups is 3. The fraction of sp³-hybridized carbons (Fsp3) is 0.526. The minimum absolute atomic E-state index is 0.0648. The van der Waals surface area contributed by atoms with Gasteiger partial charge in [-0.05, 0) is 49.9 Å². The highest BCUT2D eigenvalue weighted by Crippen LogP contribution is 2.21. The highest BCUT2D eigenvalue weighted by molar-refractivity contribution is 6.00. The molecule has 3 aliphatic rings. The average molecular weight is 698 g/mol. The van der Waals surface area contributed by atoms with Gasteiger partial charge in [-0.1, -0.05) is 82.7 Å². The van der Waals surface area contributed by atoms with Crippen molar-refractivity contribution >= 4 is 18.0 Å². The van der Waals surface area contributed by atoms with Crippen molar-refractivity contribution in [3.63, 3.8) is 0 Å². The first-order valence-electron chi connectivity index (χ1n) is 17.5. The number of nitrogens with one attached hydrogen (secondary N) is 2. The van der Waals surface area contributed by atoms with Crippen LogP contribution in [0.5, 0.6) is 0 Å². The van der Waals surface area contributed by atoms with Gasteiger partial charge in [0.15, 0.2) is 11.6 Å². The van der Waals surface area contributed by atoms with Crippen LogP contribution in [0.25, 0.3) is 0 Å². The van der Waals surface area contributed by atoms with E-state index in [1.54, 1.807) is 4.90 Å². The second kappa shape index (κ2) is 23.1. The molecule has 0 radical (unpaired) electrons. The Hall–Kier alpha value is -4.34. The van der Waals surface area contributed by atoms with Gasteiger partial charge in [-0.2, -0.15) is 5.26 Å². The lowest BCUT2D eigenvalue weighted by Crippen LogP contribution is -2.54. The zero-order valence-electron chi connectivity index (χ0n) is 30.1. The summed E-state index contributed by atoms with van der Waals surface area (Å²) >= 11 is 0. The third kappa shape index (κ3) is 13.5. The number of likely N-dealkylation sites (tertiary alicyclic amines) is 1. The molecule has 2 aromatic carbocycles. The molecule has 1 atom stereocenters. The summed E-state index contributed by atoms with van der Waals surface area (Å²) in [6.45, 7) is 7.04. The van der Waals surface area contributed by atoms with Crippen LogP contribution < -0.4 is 10.6 Å². The normalized spacial score (nSPS) is 17.9. The molecule has 274 valence electrons. The Labute approximate surface area is 295 Å². The topological polar surface area (TPSA) is 124 Å². The number of hydrogen-bond donors (Lipinski definition) is 2. The predicted octanol–water partition coefficient (Wildman–Crippen LogP) is 7.23. The van der Waals surface area contributed by atoms with Crippen molar-refractivity contribution in [1.82, 2.24) is 20.4 Å². The van der Waals surface area contributed by atoms with Gasteiger partial charge in [0.05, 0.1) is 43.2 Å². The van der Waals surface area contributed by atoms with Crippen LogP contribution in [0.1, 0.15) is 82.8 Å². The number of aryl methyl sites for hydroxylation is 1. The average Bonchev–Trinajstić information content (AvgIpc) is 3.64. The van der Waals surface area contributed by atoms with Crippen LogP contribution in [0.2, 0.25) is 0 Å². The van der Waals surface area contributed by atoms with E-state index in [0.717, 1.165) is 34.6 Å². The van der Waals surface area contributed by atoms with E-state index in [0.29, 0.717) is 24.8 Å². The third-order valence-corrected chi connectivity index (χ3v) is 8.51. The van der Waals surface area contributed by atoms with Gasteiger partial charge < -0.3 is 25.0 Å². The Bertz CT molecular complexity index is 1420. The zero-order chi connectivity index (χ0) is 36.9. The standard InChI is InChI=1S/C22H36N4O5.C8H7N.C6H4F2.C2H6/c1-30-15-19-18(20(27)31-2)14-26(21(28)24-19)22(29)25-12-11-17(13-25)23-16-9-7-5-3-4-6-8-10-16;1-7-4-2-3-5-8(7)6-9;7-5-3-1-2-4-6(5)8;1-2/h16-17,23H,3-15H2,1-2H3,(H,24,28);2-5H,1H3;1-4H;1-2H3. The van der Waals surface area contributed by atoms with Gasteiger partial charge in [-0.3, -0.25) is 0 Å². The molecule has 1 saturated carbocycles. The van der Waals surface area contributed by atoms with Crippen LogP contribution in [0.3, 0.4) is 0 Å². The number of nitrogens with zero attached hydrogens (tertiary/aromatic N) is 3. The van der Waals surface area contributed by atoms with Crippen molar-refractivity contribution in [3.05, 3.63) is 82.6 Å². The van der Waals surface area contributed by atoms with E-state index in [1.807, 2.05) is 45.0 Å². The van der Waals surface area contributed by atoms with Gasteiger partial charge in [0, 0.05) is 32.3 Å². The van der Waals surface area contributed by atoms with Crippen LogP contribution in [-0.2, 0) is 14.3 Å². The molecule has 2 heterocycles. The maximum Gasteiger partial charge on any atom is 0.337 e. The van der Waals surface area contributed by atoms with Crippen LogP contribution in [0, 0.1) is 29.9 Å². The number of ether oxygens (including phenoxy) is 2. The molecule has 1 unspecified atom stereocenters. The van der Waals surface area contributed by atoms with E-state index in [1.165, 1.54) is 77.7 Å². The summed E-state index contributed by atoms with van der Waals surface area (Å²) in [6, 6.07) is 14.5. The summed E-state index contributed by atoms with van der Waals surface area (Å²) in [5.74, 6) is -2.17. The Morgan fingerprint density at radius 1 is 0.920 bits per heavy atom. The molecule has 0 aromatic heterocycles. The summed E-state index contributed by atoms with van der Waals surface area (Å²) in [4.78, 5) is 40.5.